The molecule has 7 heterocycles. The number of carbonyl (C=O) groups is 4. The van der Waals surface area contributed by atoms with Crippen molar-refractivity contribution in [1.82, 2.24) is 34.9 Å². The molecule has 4 saturated heterocycles. The Morgan fingerprint density at radius 3 is 2.17 bits per heavy atom. The number of ether oxygens (including phenoxy) is 1. The van der Waals surface area contributed by atoms with Gasteiger partial charge in [-0.05, 0) is 74.9 Å². The van der Waals surface area contributed by atoms with E-state index in [-0.39, 0.29) is 24.9 Å². The molecule has 1 atom stereocenters. The molecule has 6 aliphatic heterocycles. The van der Waals surface area contributed by atoms with Crippen molar-refractivity contribution in [3.05, 3.63) is 76.7 Å². The van der Waals surface area contributed by atoms with E-state index >= 15 is 0 Å². The minimum Gasteiger partial charge on any atom is -0.491 e. The molecule has 0 saturated carbocycles. The number of piperazine rings is 2. The van der Waals surface area contributed by atoms with Crippen molar-refractivity contribution in [2.45, 2.75) is 58.2 Å². The van der Waals surface area contributed by atoms with Gasteiger partial charge in [-0.25, -0.2) is 9.97 Å². The average molecular weight is 803 g/mol. The zero-order valence-corrected chi connectivity index (χ0v) is 34.1. The number of aromatic nitrogens is 2. The fraction of sp³-hybridized carbons (Fsp3) is 0.523. The Bertz CT molecular complexity index is 2140. The maximum atomic E-state index is 13.3. The molecular formula is C44H54N10O5. The highest BCUT2D eigenvalue weighted by molar-refractivity contribution is 6.23. The van der Waals surface area contributed by atoms with Crippen LogP contribution in [0.1, 0.15) is 77.1 Å². The molecule has 0 bridgehead atoms. The third-order valence-corrected chi connectivity index (χ3v) is 12.8. The number of aliphatic imine (C=N–C) groups is 1. The number of amides is 4. The number of nitrogens with zero attached hydrogens (tertiary/aromatic N) is 9. The van der Waals surface area contributed by atoms with Crippen molar-refractivity contribution in [3.8, 4) is 5.75 Å². The van der Waals surface area contributed by atoms with E-state index in [4.69, 9.17) is 9.73 Å². The van der Waals surface area contributed by atoms with E-state index in [0.717, 1.165) is 137 Å². The monoisotopic (exact) mass is 802 g/mol. The van der Waals surface area contributed by atoms with Gasteiger partial charge in [0.05, 0.1) is 35.2 Å². The van der Waals surface area contributed by atoms with E-state index in [1.54, 1.807) is 18.5 Å². The Labute approximate surface area is 345 Å². The summed E-state index contributed by atoms with van der Waals surface area (Å²) in [6.45, 7) is 18.1. The van der Waals surface area contributed by atoms with Gasteiger partial charge in [0.2, 0.25) is 11.8 Å². The number of fused-ring (bicyclic) bond motifs is 2. The van der Waals surface area contributed by atoms with Crippen LogP contribution in [0.2, 0.25) is 0 Å². The molecule has 9 rings (SSSR count). The van der Waals surface area contributed by atoms with E-state index in [9.17, 15) is 19.2 Å². The highest BCUT2D eigenvalue weighted by Gasteiger charge is 2.45. The molecule has 3 aromatic rings. The predicted molar refractivity (Wildman–Crippen MR) is 223 cm³/mol. The van der Waals surface area contributed by atoms with Gasteiger partial charge in [0, 0.05) is 109 Å². The van der Waals surface area contributed by atoms with E-state index < -0.39 is 23.8 Å². The quantitative estimate of drug-likeness (QED) is 0.285. The summed E-state index contributed by atoms with van der Waals surface area (Å²) < 4.78 is 5.96. The Kier molecular flexibility index (Phi) is 11.2. The lowest BCUT2D eigenvalue weighted by Crippen LogP contribution is -2.54. The molecule has 15 heteroatoms. The summed E-state index contributed by atoms with van der Waals surface area (Å²) in [5, 5.41) is 2.26. The second-order valence-electron chi connectivity index (χ2n) is 17.0. The lowest BCUT2D eigenvalue weighted by Gasteiger charge is -2.40. The molecule has 310 valence electrons. The van der Waals surface area contributed by atoms with Crippen molar-refractivity contribution in [1.29, 1.82) is 0 Å². The highest BCUT2D eigenvalue weighted by atomic mass is 16.5. The number of hydrogen-bond donors (Lipinski definition) is 1. The predicted octanol–water partition coefficient (Wildman–Crippen LogP) is 2.67. The molecule has 0 aliphatic carbocycles. The second kappa shape index (κ2) is 16.8. The molecule has 2 aromatic carbocycles. The van der Waals surface area contributed by atoms with Gasteiger partial charge in [-0.1, -0.05) is 6.07 Å². The minimum atomic E-state index is -0.952. The van der Waals surface area contributed by atoms with Crippen LogP contribution in [0.4, 0.5) is 11.5 Å². The molecule has 6 aliphatic rings. The van der Waals surface area contributed by atoms with Crippen LogP contribution in [-0.2, 0) is 16.1 Å². The largest absolute Gasteiger partial charge is 0.491 e. The van der Waals surface area contributed by atoms with Gasteiger partial charge in [-0.2, -0.15) is 0 Å². The fourth-order valence-electron chi connectivity index (χ4n) is 9.45. The van der Waals surface area contributed by atoms with Crippen molar-refractivity contribution in [2.75, 3.05) is 94.9 Å². The Morgan fingerprint density at radius 1 is 0.729 bits per heavy atom. The zero-order chi connectivity index (χ0) is 40.6. The van der Waals surface area contributed by atoms with Gasteiger partial charge in [0.1, 0.15) is 23.9 Å². The standard InChI is InChI=1S/C44H54N10O5/c1-29(2)59-33-5-3-31-26-45-41(35(31)24-33)37-25-39(47-28-46-37)53-21-19-50(20-22-53)14-13-49-15-17-51(18-16-49)27-30-9-11-52(12-10-30)32-4-6-34-36(23-32)44(58)54(43(34)57)38-7-8-40(55)48-42(38)56/h3-6,23-25,28-30,38H,7-22,26-27H2,1-2H3,(H,48,55,56). The van der Waals surface area contributed by atoms with Crippen molar-refractivity contribution < 1.29 is 23.9 Å². The Morgan fingerprint density at radius 2 is 1.44 bits per heavy atom. The van der Waals surface area contributed by atoms with Crippen LogP contribution in [0.3, 0.4) is 0 Å². The molecule has 1 aromatic heterocycles. The Balaban J connectivity index is 0.690. The number of carbonyl (C=O) groups excluding carboxylic acids is 4. The van der Waals surface area contributed by atoms with Crippen LogP contribution in [0.5, 0.6) is 5.75 Å². The van der Waals surface area contributed by atoms with E-state index in [1.807, 2.05) is 26.0 Å². The molecular weight excluding hydrogens is 749 g/mol. The van der Waals surface area contributed by atoms with E-state index in [0.29, 0.717) is 23.6 Å². The third-order valence-electron chi connectivity index (χ3n) is 12.8. The number of rotatable bonds is 11. The lowest BCUT2D eigenvalue weighted by atomic mass is 9.95. The highest BCUT2D eigenvalue weighted by Crippen LogP contribution is 2.33. The number of piperidine rings is 2. The SMILES string of the molecule is CC(C)Oc1ccc2c(c1)C(c1cc(N3CCN(CCN4CCN(CC5CCN(c6ccc7c(c6)C(=O)N(C6CCC(=O)NC6=O)C7=O)CC5)CC4)CC3)ncn1)=NC2. The van der Waals surface area contributed by atoms with Crippen molar-refractivity contribution >= 4 is 40.8 Å². The molecule has 59 heavy (non-hydrogen) atoms. The van der Waals surface area contributed by atoms with E-state index in [2.05, 4.69) is 58.0 Å². The molecule has 0 radical (unpaired) electrons. The van der Waals surface area contributed by atoms with Gasteiger partial charge in [-0.15, -0.1) is 0 Å². The topological polar surface area (TPSA) is 147 Å². The maximum absolute atomic E-state index is 13.3. The number of anilines is 2. The van der Waals surface area contributed by atoms with Crippen molar-refractivity contribution in [3.63, 3.8) is 0 Å². The molecule has 0 spiro atoms. The molecule has 1 unspecified atom stereocenters. The summed E-state index contributed by atoms with van der Waals surface area (Å²) in [6, 6.07) is 12.8. The van der Waals surface area contributed by atoms with E-state index in [1.165, 1.54) is 5.56 Å². The smallest absolute Gasteiger partial charge is 0.262 e. The molecule has 4 fully saturated rings. The number of benzene rings is 2. The molecule has 4 amide bonds. The van der Waals surface area contributed by atoms with Gasteiger partial charge >= 0.3 is 0 Å². The number of nitrogens with one attached hydrogen (secondary N) is 1. The van der Waals surface area contributed by atoms with Gasteiger partial charge in [0.15, 0.2) is 0 Å². The fourth-order valence-corrected chi connectivity index (χ4v) is 9.45. The summed E-state index contributed by atoms with van der Waals surface area (Å²) >= 11 is 0. The molecule has 1 N–H and O–H groups in total. The zero-order valence-electron chi connectivity index (χ0n) is 34.1. The summed E-state index contributed by atoms with van der Waals surface area (Å²) in [5.41, 5.74) is 5.65. The Hall–Kier alpha value is -5.25. The first kappa shape index (κ1) is 39.2. The van der Waals surface area contributed by atoms with Gasteiger partial charge in [-0.3, -0.25) is 44.2 Å². The lowest BCUT2D eigenvalue weighted by molar-refractivity contribution is -0.136. The second-order valence-corrected chi connectivity index (χ2v) is 17.0. The first-order valence-corrected chi connectivity index (χ1v) is 21.4. The van der Waals surface area contributed by atoms with Crippen LogP contribution < -0.4 is 19.9 Å². The van der Waals surface area contributed by atoms with Crippen LogP contribution in [0.15, 0.2) is 53.8 Å². The maximum Gasteiger partial charge on any atom is 0.262 e. The van der Waals surface area contributed by atoms with Gasteiger partial charge in [0.25, 0.3) is 11.8 Å². The van der Waals surface area contributed by atoms with Crippen LogP contribution in [-0.4, -0.2) is 156 Å². The van der Waals surface area contributed by atoms with Crippen LogP contribution in [0, 0.1) is 5.92 Å². The summed E-state index contributed by atoms with van der Waals surface area (Å²) in [6.07, 6.45) is 4.19. The van der Waals surface area contributed by atoms with Crippen LogP contribution in [0.25, 0.3) is 0 Å². The summed E-state index contributed by atoms with van der Waals surface area (Å²) in [5.74, 6) is 0.549. The summed E-state index contributed by atoms with van der Waals surface area (Å²) in [7, 11) is 0. The molecule has 15 nitrogen and oxygen atoms in total. The number of imide groups is 2. The number of hydrogen-bond acceptors (Lipinski definition) is 13. The average Bonchev–Trinajstić information content (AvgIpc) is 3.78. The first-order valence-electron chi connectivity index (χ1n) is 21.4. The normalized spacial score (nSPS) is 22.3. The summed E-state index contributed by atoms with van der Waals surface area (Å²) in [4.78, 5) is 78.2. The third kappa shape index (κ3) is 8.32. The first-order chi connectivity index (χ1) is 28.7. The minimum absolute atomic E-state index is 0.109. The van der Waals surface area contributed by atoms with Gasteiger partial charge < -0.3 is 19.4 Å². The van der Waals surface area contributed by atoms with Crippen molar-refractivity contribution in [2.24, 2.45) is 10.9 Å². The van der Waals surface area contributed by atoms with Crippen LogP contribution >= 0.6 is 0 Å².